The van der Waals surface area contributed by atoms with E-state index in [9.17, 15) is 9.90 Å². The van der Waals surface area contributed by atoms with Crippen LogP contribution in [0, 0.1) is 46.3 Å². The van der Waals surface area contributed by atoms with Crippen LogP contribution in [0.15, 0.2) is 0 Å². The first-order valence-corrected chi connectivity index (χ1v) is 7.65. The van der Waals surface area contributed by atoms with Crippen molar-refractivity contribution in [3.63, 3.8) is 0 Å². The first kappa shape index (κ1) is 13.0. The van der Waals surface area contributed by atoms with Gasteiger partial charge in [-0.25, -0.2) is 0 Å². The predicted octanol–water partition coefficient (Wildman–Crippen LogP) is 3.45. The van der Waals surface area contributed by atoms with E-state index in [-0.39, 0.29) is 11.3 Å². The lowest BCUT2D eigenvalue weighted by Crippen LogP contribution is -2.56. The molecule has 1 atom stereocenters. The lowest BCUT2D eigenvalue weighted by atomic mass is 9.42. The van der Waals surface area contributed by atoms with Gasteiger partial charge in [-0.1, -0.05) is 6.92 Å². The van der Waals surface area contributed by atoms with Gasteiger partial charge in [0.15, 0.2) is 0 Å². The van der Waals surface area contributed by atoms with E-state index in [1.165, 1.54) is 32.1 Å². The summed E-state index contributed by atoms with van der Waals surface area (Å²) in [5, 5.41) is 18.4. The Kier molecular flexibility index (Phi) is 3.08. The number of nitriles is 1. The van der Waals surface area contributed by atoms with E-state index >= 15 is 0 Å². The van der Waals surface area contributed by atoms with E-state index in [2.05, 4.69) is 13.0 Å². The highest BCUT2D eigenvalue weighted by Gasteiger charge is 2.58. The zero-order valence-electron chi connectivity index (χ0n) is 11.6. The quantitative estimate of drug-likeness (QED) is 0.843. The average molecular weight is 261 g/mol. The molecule has 104 valence electrons. The molecule has 0 amide bonds. The van der Waals surface area contributed by atoms with Gasteiger partial charge < -0.3 is 5.11 Å². The van der Waals surface area contributed by atoms with Gasteiger partial charge in [0, 0.05) is 6.42 Å². The zero-order chi connectivity index (χ0) is 13.6. The van der Waals surface area contributed by atoms with Crippen LogP contribution in [0.5, 0.6) is 0 Å². The van der Waals surface area contributed by atoms with Crippen molar-refractivity contribution < 1.29 is 9.90 Å². The van der Waals surface area contributed by atoms with Crippen LogP contribution in [0.3, 0.4) is 0 Å². The molecular weight excluding hydrogens is 238 g/mol. The molecule has 19 heavy (non-hydrogen) atoms. The van der Waals surface area contributed by atoms with Crippen molar-refractivity contribution in [2.24, 2.45) is 35.0 Å². The molecule has 0 aromatic carbocycles. The second kappa shape index (κ2) is 4.51. The number of hydrogen-bond acceptors (Lipinski definition) is 2. The molecule has 3 nitrogen and oxygen atoms in total. The summed E-state index contributed by atoms with van der Waals surface area (Å²) in [6.07, 6.45) is 7.24. The molecule has 4 saturated carbocycles. The summed E-state index contributed by atoms with van der Waals surface area (Å²) in [4.78, 5) is 11.7. The Morgan fingerprint density at radius 1 is 1.26 bits per heavy atom. The SMILES string of the molecule is CC1(C(CCC#N)C(=O)O)C2CC3CC(C2)CC1C3. The van der Waals surface area contributed by atoms with Gasteiger partial charge in [-0.15, -0.1) is 0 Å². The van der Waals surface area contributed by atoms with Crippen LogP contribution in [0.1, 0.15) is 51.9 Å². The summed E-state index contributed by atoms with van der Waals surface area (Å²) in [5.41, 5.74) is -0.0594. The van der Waals surface area contributed by atoms with Crippen LogP contribution < -0.4 is 0 Å². The van der Waals surface area contributed by atoms with Crippen LogP contribution in [-0.4, -0.2) is 11.1 Å². The molecule has 4 bridgehead atoms. The molecular formula is C16H23NO2. The second-order valence-corrected chi connectivity index (χ2v) is 7.26. The largest absolute Gasteiger partial charge is 0.481 e. The van der Waals surface area contributed by atoms with Crippen molar-refractivity contribution in [1.82, 2.24) is 0 Å². The number of carbonyl (C=O) groups is 1. The zero-order valence-corrected chi connectivity index (χ0v) is 11.6. The smallest absolute Gasteiger partial charge is 0.307 e. The topological polar surface area (TPSA) is 61.1 Å². The molecule has 0 saturated heterocycles. The summed E-state index contributed by atoms with van der Waals surface area (Å²) in [7, 11) is 0. The van der Waals surface area contributed by atoms with Gasteiger partial charge in [0.1, 0.15) is 0 Å². The second-order valence-electron chi connectivity index (χ2n) is 7.26. The first-order chi connectivity index (χ1) is 9.05. The van der Waals surface area contributed by atoms with Gasteiger partial charge in [0.05, 0.1) is 12.0 Å². The minimum Gasteiger partial charge on any atom is -0.481 e. The fourth-order valence-electron chi connectivity index (χ4n) is 5.68. The number of carboxylic acid groups (broad SMARTS) is 1. The summed E-state index contributed by atoms with van der Waals surface area (Å²) in [6, 6.07) is 2.13. The standard InChI is InChI=1S/C16H23NO2/c1-16(14(15(18)19)3-2-4-17)12-6-10-5-11(8-12)9-13(16)7-10/h10-14H,2-3,5-9H2,1H3,(H,18,19). The van der Waals surface area contributed by atoms with E-state index in [0.717, 1.165) is 11.8 Å². The third-order valence-corrected chi connectivity index (χ3v) is 6.49. The van der Waals surface area contributed by atoms with Crippen molar-refractivity contribution >= 4 is 5.97 Å². The van der Waals surface area contributed by atoms with Gasteiger partial charge in [-0.05, 0) is 67.6 Å². The van der Waals surface area contributed by atoms with E-state index < -0.39 is 5.97 Å². The minimum atomic E-state index is -0.676. The lowest BCUT2D eigenvalue weighted by molar-refractivity contribution is -0.169. The summed E-state index contributed by atoms with van der Waals surface area (Å²) < 4.78 is 0. The molecule has 0 spiro atoms. The maximum atomic E-state index is 11.7. The van der Waals surface area contributed by atoms with Crippen LogP contribution in [-0.2, 0) is 4.79 Å². The number of hydrogen-bond donors (Lipinski definition) is 1. The highest BCUT2D eigenvalue weighted by atomic mass is 16.4. The van der Waals surface area contributed by atoms with Gasteiger partial charge in [-0.2, -0.15) is 5.26 Å². The molecule has 0 aromatic rings. The fourth-order valence-corrected chi connectivity index (χ4v) is 5.68. The summed E-state index contributed by atoms with van der Waals surface area (Å²) in [5.74, 6) is 1.90. The van der Waals surface area contributed by atoms with Gasteiger partial charge in [0.2, 0.25) is 0 Å². The molecule has 0 aromatic heterocycles. The third kappa shape index (κ3) is 1.88. The van der Waals surface area contributed by atoms with E-state index in [0.29, 0.717) is 24.7 Å². The van der Waals surface area contributed by atoms with Crippen molar-refractivity contribution in [1.29, 1.82) is 5.26 Å². The molecule has 1 N–H and O–H groups in total. The van der Waals surface area contributed by atoms with Crippen LogP contribution in [0.4, 0.5) is 0 Å². The molecule has 4 rings (SSSR count). The van der Waals surface area contributed by atoms with Crippen LogP contribution in [0.2, 0.25) is 0 Å². The van der Waals surface area contributed by atoms with Gasteiger partial charge >= 0.3 is 5.97 Å². The van der Waals surface area contributed by atoms with E-state index in [1.807, 2.05) is 0 Å². The monoisotopic (exact) mass is 261 g/mol. The maximum absolute atomic E-state index is 11.7. The maximum Gasteiger partial charge on any atom is 0.307 e. The minimum absolute atomic E-state index is 0.0594. The Labute approximate surface area is 115 Å². The number of nitrogens with zero attached hydrogens (tertiary/aromatic N) is 1. The Morgan fingerprint density at radius 3 is 2.21 bits per heavy atom. The molecule has 3 heteroatoms. The number of rotatable bonds is 4. The average Bonchev–Trinajstić information content (AvgIpc) is 2.35. The Balaban J connectivity index is 1.88. The van der Waals surface area contributed by atoms with Crippen molar-refractivity contribution in [2.45, 2.75) is 51.9 Å². The van der Waals surface area contributed by atoms with Crippen molar-refractivity contribution in [3.05, 3.63) is 0 Å². The number of aliphatic carboxylic acids is 1. The molecule has 0 radical (unpaired) electrons. The number of carboxylic acids is 1. The van der Waals surface area contributed by atoms with Crippen molar-refractivity contribution in [3.8, 4) is 6.07 Å². The first-order valence-electron chi connectivity index (χ1n) is 7.65. The van der Waals surface area contributed by atoms with Gasteiger partial charge in [-0.3, -0.25) is 4.79 Å². The van der Waals surface area contributed by atoms with Crippen LogP contribution >= 0.6 is 0 Å². The summed E-state index contributed by atoms with van der Waals surface area (Å²) in [6.45, 7) is 2.22. The van der Waals surface area contributed by atoms with Crippen molar-refractivity contribution in [2.75, 3.05) is 0 Å². The highest BCUT2D eigenvalue weighted by molar-refractivity contribution is 5.71. The van der Waals surface area contributed by atoms with Gasteiger partial charge in [0.25, 0.3) is 0 Å². The predicted molar refractivity (Wildman–Crippen MR) is 71.1 cm³/mol. The van der Waals surface area contributed by atoms with E-state index in [1.54, 1.807) is 0 Å². The molecule has 1 unspecified atom stereocenters. The Morgan fingerprint density at radius 2 is 1.79 bits per heavy atom. The molecule has 0 aliphatic heterocycles. The summed E-state index contributed by atoms with van der Waals surface area (Å²) >= 11 is 0. The molecule has 4 fully saturated rings. The lowest BCUT2D eigenvalue weighted by Gasteiger charge is -2.62. The molecule has 4 aliphatic rings. The third-order valence-electron chi connectivity index (χ3n) is 6.49. The Bertz CT molecular complexity index is 395. The Hall–Kier alpha value is -1.04. The van der Waals surface area contributed by atoms with E-state index in [4.69, 9.17) is 5.26 Å². The van der Waals surface area contributed by atoms with Crippen LogP contribution in [0.25, 0.3) is 0 Å². The normalized spacial score (nSPS) is 44.8. The highest BCUT2D eigenvalue weighted by Crippen LogP contribution is 2.65. The fraction of sp³-hybridized carbons (Fsp3) is 0.875. The molecule has 0 heterocycles. The molecule has 4 aliphatic carbocycles.